The SMILES string of the molecule is CN(C)Cc1ccc2c(n1)C(=N)N(CC(=O)c1cc(C(C)(C)C)c(O)c(C(C)(C)C)c1)C2. The van der Waals surface area contributed by atoms with Crippen molar-refractivity contribution >= 4 is 11.6 Å². The molecule has 1 aromatic carbocycles. The molecule has 0 amide bonds. The normalized spacial score (nSPS) is 14.3. The van der Waals surface area contributed by atoms with Crippen LogP contribution < -0.4 is 0 Å². The maximum atomic E-state index is 13.3. The van der Waals surface area contributed by atoms with E-state index in [1.807, 2.05) is 84.8 Å². The van der Waals surface area contributed by atoms with E-state index in [0.29, 0.717) is 30.2 Å². The number of Topliss-reactive ketones (excluding diaryl/α,β-unsaturated/α-hetero) is 1. The number of hydrogen-bond acceptors (Lipinski definition) is 5. The molecule has 0 fully saturated rings. The molecule has 2 heterocycles. The number of aromatic nitrogens is 1. The summed E-state index contributed by atoms with van der Waals surface area (Å²) in [5.74, 6) is 0.493. The van der Waals surface area contributed by atoms with E-state index in [-0.39, 0.29) is 28.9 Å². The van der Waals surface area contributed by atoms with E-state index in [9.17, 15) is 9.90 Å². The number of aromatic hydroxyl groups is 1. The van der Waals surface area contributed by atoms with Gasteiger partial charge in [0.05, 0.1) is 12.2 Å². The van der Waals surface area contributed by atoms with Gasteiger partial charge in [0.1, 0.15) is 17.3 Å². The summed E-state index contributed by atoms with van der Waals surface area (Å²) in [7, 11) is 3.97. The van der Waals surface area contributed by atoms with E-state index >= 15 is 0 Å². The maximum absolute atomic E-state index is 13.3. The van der Waals surface area contributed by atoms with Crippen LogP contribution in [-0.2, 0) is 23.9 Å². The second kappa shape index (κ2) is 8.32. The summed E-state index contributed by atoms with van der Waals surface area (Å²) in [6.07, 6.45) is 0. The third-order valence-electron chi connectivity index (χ3n) is 5.80. The molecule has 172 valence electrons. The zero-order valence-electron chi connectivity index (χ0n) is 20.6. The molecular weight excluding hydrogens is 400 g/mol. The molecule has 1 aliphatic heterocycles. The number of carbonyl (C=O) groups excluding carboxylic acids is 1. The Morgan fingerprint density at radius 2 is 1.66 bits per heavy atom. The predicted octanol–water partition coefficient (Wildman–Crippen LogP) is 4.47. The summed E-state index contributed by atoms with van der Waals surface area (Å²) >= 11 is 0. The fourth-order valence-electron chi connectivity index (χ4n) is 4.05. The molecule has 1 aromatic heterocycles. The second-order valence-corrected chi connectivity index (χ2v) is 11.1. The number of phenols is 1. The Morgan fingerprint density at radius 3 is 2.16 bits per heavy atom. The number of nitrogens with zero attached hydrogens (tertiary/aromatic N) is 3. The van der Waals surface area contributed by atoms with Crippen molar-refractivity contribution in [3.05, 3.63) is 57.9 Å². The summed E-state index contributed by atoms with van der Waals surface area (Å²) in [6.45, 7) is 13.5. The predicted molar refractivity (Wildman–Crippen MR) is 129 cm³/mol. The Balaban J connectivity index is 1.89. The Hall–Kier alpha value is -2.73. The fourth-order valence-corrected chi connectivity index (χ4v) is 4.05. The number of carbonyl (C=O) groups is 1. The summed E-state index contributed by atoms with van der Waals surface area (Å²) in [4.78, 5) is 21.8. The van der Waals surface area contributed by atoms with Crippen LogP contribution in [0.25, 0.3) is 0 Å². The standard InChI is InChI=1S/C26H36N4O2/c1-25(2,3)19-11-17(12-20(23(19)32)26(4,5)6)21(31)15-30-13-16-9-10-18(14-29(7)8)28-22(16)24(30)27/h9-12,27,32H,13-15H2,1-8H3. The molecule has 6 heteroatoms. The lowest BCUT2D eigenvalue weighted by atomic mass is 9.78. The summed E-state index contributed by atoms with van der Waals surface area (Å²) < 4.78 is 0. The monoisotopic (exact) mass is 436 g/mol. The van der Waals surface area contributed by atoms with Gasteiger partial charge in [-0.25, -0.2) is 4.98 Å². The number of fused-ring (bicyclic) bond motifs is 1. The van der Waals surface area contributed by atoms with Crippen LogP contribution in [0.2, 0.25) is 0 Å². The molecule has 32 heavy (non-hydrogen) atoms. The van der Waals surface area contributed by atoms with Crippen LogP contribution in [0.3, 0.4) is 0 Å². The van der Waals surface area contributed by atoms with Crippen LogP contribution in [0.15, 0.2) is 24.3 Å². The van der Waals surface area contributed by atoms with E-state index in [0.717, 1.165) is 22.4 Å². The molecule has 2 N–H and O–H groups in total. The molecule has 0 atom stereocenters. The fraction of sp³-hybridized carbons (Fsp3) is 0.500. The first-order valence-electron chi connectivity index (χ1n) is 11.1. The molecule has 0 spiro atoms. The van der Waals surface area contributed by atoms with Crippen molar-refractivity contribution in [3.8, 4) is 5.75 Å². The highest BCUT2D eigenvalue weighted by Crippen LogP contribution is 2.40. The van der Waals surface area contributed by atoms with Crippen molar-refractivity contribution in [2.24, 2.45) is 0 Å². The zero-order chi connectivity index (χ0) is 24.0. The van der Waals surface area contributed by atoms with Gasteiger partial charge in [-0.3, -0.25) is 10.2 Å². The summed E-state index contributed by atoms with van der Waals surface area (Å²) in [6, 6.07) is 7.62. The molecule has 2 aromatic rings. The van der Waals surface area contributed by atoms with Gasteiger partial charge in [-0.05, 0) is 43.1 Å². The van der Waals surface area contributed by atoms with Crippen molar-refractivity contribution in [2.45, 2.75) is 65.5 Å². The molecule has 1 aliphatic rings. The van der Waals surface area contributed by atoms with Crippen molar-refractivity contribution < 1.29 is 9.90 Å². The number of amidine groups is 1. The van der Waals surface area contributed by atoms with Crippen LogP contribution in [0.5, 0.6) is 5.75 Å². The number of benzene rings is 1. The molecule has 0 saturated carbocycles. The Kier molecular flexibility index (Phi) is 6.22. The van der Waals surface area contributed by atoms with Gasteiger partial charge in [-0.2, -0.15) is 0 Å². The van der Waals surface area contributed by atoms with Gasteiger partial charge in [0, 0.05) is 35.3 Å². The van der Waals surface area contributed by atoms with Crippen LogP contribution in [0, 0.1) is 5.41 Å². The average molecular weight is 437 g/mol. The quantitative estimate of drug-likeness (QED) is 0.676. The highest BCUT2D eigenvalue weighted by Gasteiger charge is 2.31. The van der Waals surface area contributed by atoms with Crippen LogP contribution in [0.4, 0.5) is 0 Å². The van der Waals surface area contributed by atoms with E-state index in [4.69, 9.17) is 5.41 Å². The molecule has 0 unspecified atom stereocenters. The number of pyridine rings is 1. The van der Waals surface area contributed by atoms with Gasteiger partial charge < -0.3 is 14.9 Å². The van der Waals surface area contributed by atoms with Gasteiger partial charge in [-0.1, -0.05) is 47.6 Å². The van der Waals surface area contributed by atoms with Gasteiger partial charge in [-0.15, -0.1) is 0 Å². The smallest absolute Gasteiger partial charge is 0.182 e. The number of hydrogen-bond donors (Lipinski definition) is 2. The molecule has 0 aliphatic carbocycles. The summed E-state index contributed by atoms with van der Waals surface area (Å²) in [5, 5.41) is 19.5. The number of ketones is 1. The van der Waals surface area contributed by atoms with Gasteiger partial charge in [0.2, 0.25) is 0 Å². The first kappa shape index (κ1) is 23.9. The van der Waals surface area contributed by atoms with Gasteiger partial charge in [0.25, 0.3) is 0 Å². The van der Waals surface area contributed by atoms with Gasteiger partial charge in [0.15, 0.2) is 5.78 Å². The molecule has 0 saturated heterocycles. The van der Waals surface area contributed by atoms with Crippen molar-refractivity contribution in [2.75, 3.05) is 20.6 Å². The minimum atomic E-state index is -0.302. The Morgan fingerprint density at radius 1 is 1.09 bits per heavy atom. The molecular formula is C26H36N4O2. The number of phenolic OH excluding ortho intramolecular Hbond substituents is 1. The molecule has 3 rings (SSSR count). The highest BCUT2D eigenvalue weighted by atomic mass is 16.3. The van der Waals surface area contributed by atoms with Crippen LogP contribution >= 0.6 is 0 Å². The second-order valence-electron chi connectivity index (χ2n) is 11.1. The number of rotatable bonds is 5. The van der Waals surface area contributed by atoms with E-state index in [2.05, 4.69) is 4.98 Å². The van der Waals surface area contributed by atoms with Crippen molar-refractivity contribution in [1.29, 1.82) is 5.41 Å². The Labute approximate surface area is 191 Å². The number of nitrogens with one attached hydrogen (secondary N) is 1. The average Bonchev–Trinajstić information content (AvgIpc) is 2.95. The van der Waals surface area contributed by atoms with E-state index in [1.165, 1.54) is 0 Å². The van der Waals surface area contributed by atoms with Crippen molar-refractivity contribution in [3.63, 3.8) is 0 Å². The first-order chi connectivity index (χ1) is 14.7. The lowest BCUT2D eigenvalue weighted by Gasteiger charge is -2.28. The summed E-state index contributed by atoms with van der Waals surface area (Å²) in [5.41, 5.74) is 4.05. The lowest BCUT2D eigenvalue weighted by Crippen LogP contribution is -2.31. The van der Waals surface area contributed by atoms with E-state index in [1.54, 1.807) is 4.90 Å². The largest absolute Gasteiger partial charge is 0.507 e. The molecule has 0 bridgehead atoms. The highest BCUT2D eigenvalue weighted by molar-refractivity contribution is 6.04. The maximum Gasteiger partial charge on any atom is 0.182 e. The lowest BCUT2D eigenvalue weighted by molar-refractivity contribution is 0.0962. The molecule has 6 nitrogen and oxygen atoms in total. The topological polar surface area (TPSA) is 80.5 Å². The van der Waals surface area contributed by atoms with Crippen molar-refractivity contribution in [1.82, 2.24) is 14.8 Å². The van der Waals surface area contributed by atoms with E-state index < -0.39 is 0 Å². The Bertz CT molecular complexity index is 1020. The van der Waals surface area contributed by atoms with Crippen LogP contribution in [0.1, 0.15) is 80.0 Å². The molecule has 0 radical (unpaired) electrons. The first-order valence-corrected chi connectivity index (χ1v) is 11.1. The minimum absolute atomic E-state index is 0.0629. The van der Waals surface area contributed by atoms with Gasteiger partial charge >= 0.3 is 0 Å². The third kappa shape index (κ3) is 4.85. The zero-order valence-corrected chi connectivity index (χ0v) is 20.6. The minimum Gasteiger partial charge on any atom is -0.507 e. The third-order valence-corrected chi connectivity index (χ3v) is 5.80. The van der Waals surface area contributed by atoms with Crippen LogP contribution in [-0.4, -0.2) is 52.1 Å².